The third-order valence-electron chi connectivity index (χ3n) is 13.1. The third kappa shape index (κ3) is 6.58. The third-order valence-corrected chi connectivity index (χ3v) is 13.4. The molecule has 12 nitrogen and oxygen atoms in total. The molecule has 5 aliphatic rings. The maximum absolute atomic E-state index is 14.3. The highest BCUT2D eigenvalue weighted by molar-refractivity contribution is 6.31. The zero-order valence-corrected chi connectivity index (χ0v) is 33.2. The molecule has 4 heterocycles. The second-order valence-corrected chi connectivity index (χ2v) is 16.8. The first kappa shape index (κ1) is 38.7. The van der Waals surface area contributed by atoms with Crippen LogP contribution < -0.4 is 26.6 Å². The number of hydrogen-bond donors (Lipinski definition) is 5. The summed E-state index contributed by atoms with van der Waals surface area (Å²) in [6.07, 6.45) is 6.26. The average Bonchev–Trinajstić information content (AvgIpc) is 3.84. The summed E-state index contributed by atoms with van der Waals surface area (Å²) in [4.78, 5) is 80.5. The molecule has 2 saturated heterocycles. The Morgan fingerprint density at radius 3 is 2.41 bits per heavy atom. The Balaban J connectivity index is 0.800. The second-order valence-electron chi connectivity index (χ2n) is 16.4. The van der Waals surface area contributed by atoms with Gasteiger partial charge in [0.05, 0.1) is 6.04 Å². The Labute approximate surface area is 346 Å². The van der Waals surface area contributed by atoms with E-state index < -0.39 is 34.9 Å². The summed E-state index contributed by atoms with van der Waals surface area (Å²) in [7, 11) is 0. The summed E-state index contributed by atoms with van der Waals surface area (Å²) in [6, 6.07) is 26.4. The Morgan fingerprint density at radius 2 is 1.66 bits per heavy atom. The van der Waals surface area contributed by atoms with Gasteiger partial charge in [0.15, 0.2) is 0 Å². The number of piperidine rings is 1. The van der Waals surface area contributed by atoms with E-state index in [0.717, 1.165) is 67.2 Å². The maximum Gasteiger partial charge on any atom is 0.255 e. The lowest BCUT2D eigenvalue weighted by Gasteiger charge is -2.50. The van der Waals surface area contributed by atoms with Gasteiger partial charge in [0.25, 0.3) is 11.8 Å². The summed E-state index contributed by atoms with van der Waals surface area (Å²) in [5.41, 5.74) is 4.45. The van der Waals surface area contributed by atoms with Crippen LogP contribution in [0, 0.1) is 0 Å². The maximum atomic E-state index is 14.3. The topological polar surface area (TPSA) is 166 Å². The van der Waals surface area contributed by atoms with Crippen molar-refractivity contribution in [2.45, 2.75) is 93.3 Å². The Morgan fingerprint density at radius 1 is 0.864 bits per heavy atom. The van der Waals surface area contributed by atoms with Crippen LogP contribution in [-0.2, 0) is 37.6 Å². The SMILES string of the molecule is O=C1CCC(N2Cc3c(CCCCCNC(=O)c4ccc(NC(=O)[C@@H]5NC6(CCC6)[C@@]6(C(=O)Nc7cc(Cl)ccc76)[C@H]5c5ccccc5)cc4)cccc3C2=O)C(=O)N1. The molecule has 6 amide bonds. The summed E-state index contributed by atoms with van der Waals surface area (Å²) < 4.78 is 0. The van der Waals surface area contributed by atoms with Crippen LogP contribution in [0.15, 0.2) is 91.0 Å². The zero-order chi connectivity index (χ0) is 40.9. The number of halogens is 1. The van der Waals surface area contributed by atoms with Gasteiger partial charge in [0, 0.05) is 58.5 Å². The number of carbonyl (C=O) groups is 6. The number of nitrogens with zero attached hydrogens (tertiary/aromatic N) is 1. The van der Waals surface area contributed by atoms with Gasteiger partial charge in [-0.3, -0.25) is 39.4 Å². The van der Waals surface area contributed by atoms with Crippen molar-refractivity contribution in [3.8, 4) is 0 Å². The molecule has 0 aromatic heterocycles. The number of fused-ring (bicyclic) bond motifs is 4. The first-order valence-corrected chi connectivity index (χ1v) is 20.9. The monoisotopic (exact) mass is 812 g/mol. The summed E-state index contributed by atoms with van der Waals surface area (Å²) >= 11 is 6.37. The quantitative estimate of drug-likeness (QED) is 0.0951. The van der Waals surface area contributed by atoms with Gasteiger partial charge in [0.1, 0.15) is 11.5 Å². The minimum atomic E-state index is -1.01. The van der Waals surface area contributed by atoms with Crippen molar-refractivity contribution in [2.24, 2.45) is 0 Å². The van der Waals surface area contributed by atoms with E-state index >= 15 is 0 Å². The lowest BCUT2D eigenvalue weighted by Crippen LogP contribution is -2.63. The van der Waals surface area contributed by atoms with E-state index in [9.17, 15) is 28.8 Å². The van der Waals surface area contributed by atoms with Crippen molar-refractivity contribution in [3.63, 3.8) is 0 Å². The predicted molar refractivity (Wildman–Crippen MR) is 222 cm³/mol. The first-order valence-electron chi connectivity index (χ1n) is 20.5. The van der Waals surface area contributed by atoms with Gasteiger partial charge in [0.2, 0.25) is 23.6 Å². The first-order chi connectivity index (χ1) is 28.6. The average molecular weight is 813 g/mol. The molecule has 3 fully saturated rings. The number of imide groups is 1. The number of nitrogens with one attached hydrogen (secondary N) is 5. The van der Waals surface area contributed by atoms with Crippen molar-refractivity contribution < 1.29 is 28.8 Å². The van der Waals surface area contributed by atoms with E-state index in [1.54, 1.807) is 41.3 Å². The highest BCUT2D eigenvalue weighted by atomic mass is 35.5. The van der Waals surface area contributed by atoms with E-state index in [1.165, 1.54) is 0 Å². The Hall–Kier alpha value is -5.85. The van der Waals surface area contributed by atoms with Crippen LogP contribution in [0.3, 0.4) is 0 Å². The van der Waals surface area contributed by atoms with Crippen LogP contribution in [0.25, 0.3) is 0 Å². The molecule has 4 aromatic carbocycles. The van der Waals surface area contributed by atoms with Gasteiger partial charge in [-0.1, -0.05) is 66.6 Å². The predicted octanol–water partition coefficient (Wildman–Crippen LogP) is 5.75. The van der Waals surface area contributed by atoms with Crippen LogP contribution in [0.1, 0.15) is 100 Å². The molecule has 13 heteroatoms. The fraction of sp³-hybridized carbons (Fsp3) is 0.348. The van der Waals surface area contributed by atoms with Gasteiger partial charge in [-0.25, -0.2) is 0 Å². The molecule has 5 N–H and O–H groups in total. The van der Waals surface area contributed by atoms with Gasteiger partial charge in [-0.15, -0.1) is 0 Å². The number of aryl methyl sites for hydroxylation is 1. The minimum Gasteiger partial charge on any atom is -0.352 e. The normalized spacial score (nSPS) is 23.7. The summed E-state index contributed by atoms with van der Waals surface area (Å²) in [6.45, 7) is 0.846. The number of benzene rings is 4. The van der Waals surface area contributed by atoms with E-state index in [1.807, 2.05) is 54.6 Å². The number of anilines is 2. The molecule has 0 bridgehead atoms. The van der Waals surface area contributed by atoms with E-state index in [0.29, 0.717) is 47.0 Å². The molecular weight excluding hydrogens is 768 g/mol. The highest BCUT2D eigenvalue weighted by Gasteiger charge is 2.73. The van der Waals surface area contributed by atoms with Crippen LogP contribution in [0.2, 0.25) is 5.02 Å². The van der Waals surface area contributed by atoms with Crippen LogP contribution in [0.5, 0.6) is 0 Å². The number of unbranched alkanes of at least 4 members (excludes halogenated alkanes) is 2. The molecule has 1 aliphatic carbocycles. The molecule has 0 radical (unpaired) electrons. The summed E-state index contributed by atoms with van der Waals surface area (Å²) in [5.74, 6) is -1.99. The van der Waals surface area contributed by atoms with Crippen molar-refractivity contribution in [2.75, 3.05) is 17.2 Å². The standard InChI is InChI=1S/C46H45ClN6O6/c47-30-16-19-34-35(25-30)50-44(59)46(34)38(28-10-3-1-4-11-28)39(52-45(46)22-8-23-45)42(57)49-31-17-14-29(15-18-31)40(55)48-24-6-2-5-9-27-12-7-13-32-33(27)26-53(43(32)58)36-20-21-37(54)51-41(36)56/h1,3-4,7,10-19,25,36,38-39,52H,2,5-6,8-9,20-24,26H2,(H,48,55)(H,49,57)(H,50,59)(H,51,54,56)/t36?,38-,39+,46+/m0/s1. The highest BCUT2D eigenvalue weighted by Crippen LogP contribution is 2.64. The molecule has 2 spiro atoms. The minimum absolute atomic E-state index is 0.126. The number of amides is 6. The van der Waals surface area contributed by atoms with Gasteiger partial charge in [-0.2, -0.15) is 0 Å². The molecule has 1 saturated carbocycles. The fourth-order valence-corrected chi connectivity index (χ4v) is 10.4. The van der Waals surface area contributed by atoms with Crippen molar-refractivity contribution in [1.29, 1.82) is 0 Å². The fourth-order valence-electron chi connectivity index (χ4n) is 10.3. The van der Waals surface area contributed by atoms with Crippen LogP contribution in [-0.4, -0.2) is 64.5 Å². The molecule has 4 atom stereocenters. The van der Waals surface area contributed by atoms with Gasteiger partial charge in [-0.05, 0) is 110 Å². The van der Waals surface area contributed by atoms with Crippen molar-refractivity contribution in [1.82, 2.24) is 20.9 Å². The van der Waals surface area contributed by atoms with Crippen LogP contribution in [0.4, 0.5) is 11.4 Å². The zero-order valence-electron chi connectivity index (χ0n) is 32.4. The number of rotatable bonds is 11. The Kier molecular flexibility index (Phi) is 10.1. The molecule has 1 unspecified atom stereocenters. The molecule has 9 rings (SSSR count). The van der Waals surface area contributed by atoms with Crippen molar-refractivity contribution >= 4 is 58.4 Å². The van der Waals surface area contributed by atoms with E-state index in [4.69, 9.17) is 11.6 Å². The number of carbonyl (C=O) groups excluding carboxylic acids is 6. The molecule has 4 aromatic rings. The molecular formula is C46H45ClN6O6. The molecule has 4 aliphatic heterocycles. The van der Waals surface area contributed by atoms with E-state index in [-0.39, 0.29) is 36.0 Å². The smallest absolute Gasteiger partial charge is 0.255 e. The van der Waals surface area contributed by atoms with Gasteiger partial charge >= 0.3 is 0 Å². The number of hydrogen-bond acceptors (Lipinski definition) is 7. The van der Waals surface area contributed by atoms with Crippen molar-refractivity contribution in [3.05, 3.63) is 129 Å². The molecule has 302 valence electrons. The largest absolute Gasteiger partial charge is 0.352 e. The van der Waals surface area contributed by atoms with Gasteiger partial charge < -0.3 is 20.9 Å². The Bertz CT molecular complexity index is 2380. The second kappa shape index (κ2) is 15.4. The van der Waals surface area contributed by atoms with Crippen LogP contribution >= 0.6 is 11.6 Å². The molecule has 59 heavy (non-hydrogen) atoms. The summed E-state index contributed by atoms with van der Waals surface area (Å²) in [5, 5.41) is 15.7. The lowest BCUT2D eigenvalue weighted by molar-refractivity contribution is -0.137. The van der Waals surface area contributed by atoms with E-state index in [2.05, 4.69) is 26.6 Å². The lowest BCUT2D eigenvalue weighted by atomic mass is 9.53.